The third-order valence-electron chi connectivity index (χ3n) is 1.55. The largest absolute Gasteiger partial charge is 0.376 e. The number of hydrogen-bond acceptors (Lipinski definition) is 2. The molecule has 5 heteroatoms. The summed E-state index contributed by atoms with van der Waals surface area (Å²) in [5.74, 6) is -0.0359. The molecule has 0 radical (unpaired) electrons. The molecule has 0 aromatic carbocycles. The second-order valence-electron chi connectivity index (χ2n) is 3.18. The zero-order chi connectivity index (χ0) is 9.78. The van der Waals surface area contributed by atoms with Crippen molar-refractivity contribution in [3.8, 4) is 0 Å². The van der Waals surface area contributed by atoms with Crippen molar-refractivity contribution in [1.29, 1.82) is 0 Å². The van der Waals surface area contributed by atoms with Crippen LogP contribution in [-0.4, -0.2) is 24.6 Å². The van der Waals surface area contributed by atoms with Gasteiger partial charge in [0, 0.05) is 13.6 Å². The van der Waals surface area contributed by atoms with Crippen LogP contribution in [0.15, 0.2) is 0 Å². The lowest BCUT2D eigenvalue weighted by molar-refractivity contribution is -0.128. The average molecular weight is 189 g/mol. The highest BCUT2D eigenvalue weighted by Crippen LogP contribution is 2.12. The molecule has 0 saturated heterocycles. The van der Waals surface area contributed by atoms with E-state index < -0.39 is 5.41 Å². The molecule has 12 heavy (non-hydrogen) atoms. The normalized spacial score (nSPS) is 10.6. The van der Waals surface area contributed by atoms with Crippen molar-refractivity contribution in [2.45, 2.75) is 13.8 Å². The van der Waals surface area contributed by atoms with Crippen molar-refractivity contribution < 1.29 is 4.79 Å². The minimum atomic E-state index is -0.488. The highest BCUT2D eigenvalue weighted by molar-refractivity contribution is 7.80. The van der Waals surface area contributed by atoms with Crippen molar-refractivity contribution in [3.05, 3.63) is 0 Å². The van der Waals surface area contributed by atoms with Crippen LogP contribution in [0.5, 0.6) is 0 Å². The van der Waals surface area contributed by atoms with Crippen LogP contribution in [0.4, 0.5) is 0 Å². The van der Waals surface area contributed by atoms with Gasteiger partial charge in [0.25, 0.3) is 0 Å². The zero-order valence-electron chi connectivity index (χ0n) is 7.60. The number of nitrogens with one attached hydrogen (secondary N) is 2. The summed E-state index contributed by atoms with van der Waals surface area (Å²) in [6.45, 7) is 4.08. The Labute approximate surface area is 77.9 Å². The first kappa shape index (κ1) is 11.2. The third-order valence-corrected chi connectivity index (χ3v) is 1.69. The molecule has 0 aliphatic heterocycles. The average Bonchev–Trinajstić information content (AvgIpc) is 1.99. The van der Waals surface area contributed by atoms with Gasteiger partial charge in [-0.1, -0.05) is 0 Å². The highest BCUT2D eigenvalue weighted by Gasteiger charge is 2.26. The fourth-order valence-corrected chi connectivity index (χ4v) is 0.799. The lowest BCUT2D eigenvalue weighted by Crippen LogP contribution is -2.45. The maximum absolute atomic E-state index is 11.2. The molecule has 0 fully saturated rings. The zero-order valence-corrected chi connectivity index (χ0v) is 8.42. The minimum absolute atomic E-state index is 0.0359. The number of amides is 1. The van der Waals surface area contributed by atoms with Gasteiger partial charge in [0.05, 0.1) is 5.41 Å². The Hall–Kier alpha value is -0.840. The molecule has 1 amide bonds. The van der Waals surface area contributed by atoms with E-state index in [9.17, 15) is 4.79 Å². The monoisotopic (exact) mass is 189 g/mol. The Kier molecular flexibility index (Phi) is 3.95. The molecule has 70 valence electrons. The molecule has 0 aliphatic rings. The SMILES string of the molecule is CNC(=O)C(C)(C)CNC(N)=S. The molecule has 4 N–H and O–H groups in total. The molecule has 0 rings (SSSR count). The molecule has 0 unspecified atom stereocenters. The predicted octanol–water partition coefficient (Wildman–Crippen LogP) is -0.408. The first-order valence-corrected chi connectivity index (χ1v) is 4.06. The van der Waals surface area contributed by atoms with E-state index in [4.69, 9.17) is 5.73 Å². The summed E-state index contributed by atoms with van der Waals surface area (Å²) >= 11 is 4.62. The lowest BCUT2D eigenvalue weighted by atomic mass is 9.92. The molecule has 0 aromatic rings. The van der Waals surface area contributed by atoms with Crippen molar-refractivity contribution >= 4 is 23.2 Å². The Morgan fingerprint density at radius 3 is 2.42 bits per heavy atom. The molecular formula is C7H15N3OS. The van der Waals surface area contributed by atoms with Crippen LogP contribution in [0.3, 0.4) is 0 Å². The van der Waals surface area contributed by atoms with Crippen LogP contribution in [-0.2, 0) is 4.79 Å². The Balaban J connectivity index is 4.03. The van der Waals surface area contributed by atoms with Gasteiger partial charge >= 0.3 is 0 Å². The van der Waals surface area contributed by atoms with E-state index in [-0.39, 0.29) is 11.0 Å². The lowest BCUT2D eigenvalue weighted by Gasteiger charge is -2.22. The van der Waals surface area contributed by atoms with Crippen LogP contribution in [0.2, 0.25) is 0 Å². The van der Waals surface area contributed by atoms with Gasteiger partial charge in [0.2, 0.25) is 5.91 Å². The molecule has 0 heterocycles. The van der Waals surface area contributed by atoms with E-state index in [1.807, 2.05) is 13.8 Å². The number of hydrogen-bond donors (Lipinski definition) is 3. The number of carbonyl (C=O) groups excluding carboxylic acids is 1. The number of carbonyl (C=O) groups is 1. The highest BCUT2D eigenvalue weighted by atomic mass is 32.1. The van der Waals surface area contributed by atoms with E-state index in [0.717, 1.165) is 0 Å². The minimum Gasteiger partial charge on any atom is -0.376 e. The maximum atomic E-state index is 11.2. The van der Waals surface area contributed by atoms with E-state index in [0.29, 0.717) is 6.54 Å². The molecule has 0 bridgehead atoms. The molecule has 0 aromatic heterocycles. The first-order chi connectivity index (χ1) is 5.40. The fraction of sp³-hybridized carbons (Fsp3) is 0.714. The van der Waals surface area contributed by atoms with Crippen molar-refractivity contribution in [2.75, 3.05) is 13.6 Å². The third kappa shape index (κ3) is 3.52. The van der Waals surface area contributed by atoms with Gasteiger partial charge in [-0.15, -0.1) is 0 Å². The predicted molar refractivity (Wildman–Crippen MR) is 52.6 cm³/mol. The van der Waals surface area contributed by atoms with Gasteiger partial charge in [0.15, 0.2) is 5.11 Å². The Bertz CT molecular complexity index is 191. The first-order valence-electron chi connectivity index (χ1n) is 3.65. The fourth-order valence-electron chi connectivity index (χ4n) is 0.727. The smallest absolute Gasteiger partial charge is 0.227 e. The number of rotatable bonds is 3. The summed E-state index contributed by atoms with van der Waals surface area (Å²) in [4.78, 5) is 11.2. The number of thiocarbonyl (C=S) groups is 1. The van der Waals surface area contributed by atoms with Crippen LogP contribution >= 0.6 is 12.2 Å². The molecular weight excluding hydrogens is 174 g/mol. The Morgan fingerprint density at radius 2 is 2.08 bits per heavy atom. The summed E-state index contributed by atoms with van der Waals surface area (Å²) < 4.78 is 0. The van der Waals surface area contributed by atoms with Gasteiger partial charge in [-0.05, 0) is 26.1 Å². The van der Waals surface area contributed by atoms with Gasteiger partial charge < -0.3 is 16.4 Å². The topological polar surface area (TPSA) is 67.2 Å². The summed E-state index contributed by atoms with van der Waals surface area (Å²) in [5, 5.41) is 5.53. The van der Waals surface area contributed by atoms with Gasteiger partial charge in [0.1, 0.15) is 0 Å². The van der Waals surface area contributed by atoms with Gasteiger partial charge in [-0.2, -0.15) is 0 Å². The van der Waals surface area contributed by atoms with Gasteiger partial charge in [-0.25, -0.2) is 0 Å². The molecule has 0 aliphatic carbocycles. The summed E-state index contributed by atoms with van der Waals surface area (Å²) in [6.07, 6.45) is 0. The van der Waals surface area contributed by atoms with Crippen LogP contribution in [0, 0.1) is 5.41 Å². The van der Waals surface area contributed by atoms with E-state index in [1.54, 1.807) is 7.05 Å². The summed E-state index contributed by atoms with van der Waals surface area (Å²) in [7, 11) is 1.60. The van der Waals surface area contributed by atoms with Crippen molar-refractivity contribution in [3.63, 3.8) is 0 Å². The number of nitrogens with two attached hydrogens (primary N) is 1. The van der Waals surface area contributed by atoms with Crippen molar-refractivity contribution in [2.24, 2.45) is 11.1 Å². The van der Waals surface area contributed by atoms with Crippen LogP contribution in [0.25, 0.3) is 0 Å². The van der Waals surface area contributed by atoms with E-state index in [2.05, 4.69) is 22.9 Å². The van der Waals surface area contributed by atoms with Crippen LogP contribution < -0.4 is 16.4 Å². The summed E-state index contributed by atoms with van der Waals surface area (Å²) in [5.41, 5.74) is 4.74. The van der Waals surface area contributed by atoms with E-state index in [1.165, 1.54) is 0 Å². The van der Waals surface area contributed by atoms with Crippen LogP contribution in [0.1, 0.15) is 13.8 Å². The maximum Gasteiger partial charge on any atom is 0.227 e. The molecule has 0 saturated carbocycles. The standard InChI is InChI=1S/C7H15N3OS/c1-7(2,5(11)9-3)4-10-6(8)12/h4H2,1-3H3,(H,9,11)(H3,8,10,12). The molecule has 0 atom stereocenters. The summed E-state index contributed by atoms with van der Waals surface area (Å²) in [6, 6.07) is 0. The van der Waals surface area contributed by atoms with Crippen molar-refractivity contribution in [1.82, 2.24) is 10.6 Å². The Morgan fingerprint density at radius 1 is 1.58 bits per heavy atom. The molecule has 0 spiro atoms. The second-order valence-corrected chi connectivity index (χ2v) is 3.62. The second kappa shape index (κ2) is 4.25. The van der Waals surface area contributed by atoms with E-state index >= 15 is 0 Å². The quantitative estimate of drug-likeness (QED) is 0.528. The van der Waals surface area contributed by atoms with Gasteiger partial charge in [-0.3, -0.25) is 4.79 Å². The molecule has 4 nitrogen and oxygen atoms in total.